The van der Waals surface area contributed by atoms with Crippen molar-refractivity contribution in [1.29, 1.82) is 0 Å². The SMILES string of the molecule is CCCCC1CCC(C(=O)N2CCc3cc(OC)c(OC)cc3C2COc2ccccc2OC)CC1. The van der Waals surface area contributed by atoms with Crippen LogP contribution in [0.3, 0.4) is 0 Å². The Labute approximate surface area is 215 Å². The second kappa shape index (κ2) is 12.4. The zero-order valence-corrected chi connectivity index (χ0v) is 22.3. The van der Waals surface area contributed by atoms with Crippen LogP contribution in [0.1, 0.15) is 69.0 Å². The lowest BCUT2D eigenvalue weighted by Crippen LogP contribution is -2.46. The van der Waals surface area contributed by atoms with Crippen LogP contribution in [-0.4, -0.2) is 45.3 Å². The number of carbonyl (C=O) groups excluding carboxylic acids is 1. The number of benzene rings is 2. The van der Waals surface area contributed by atoms with E-state index in [4.69, 9.17) is 18.9 Å². The predicted molar refractivity (Wildman–Crippen MR) is 141 cm³/mol. The van der Waals surface area contributed by atoms with Gasteiger partial charge in [-0.2, -0.15) is 0 Å². The lowest BCUT2D eigenvalue weighted by Gasteiger charge is -2.40. The van der Waals surface area contributed by atoms with E-state index in [-0.39, 0.29) is 17.9 Å². The highest BCUT2D eigenvalue weighted by atomic mass is 16.5. The Hall–Kier alpha value is -2.89. The molecule has 2 aromatic carbocycles. The molecule has 1 atom stereocenters. The van der Waals surface area contributed by atoms with E-state index in [0.717, 1.165) is 43.6 Å². The van der Waals surface area contributed by atoms with Crippen molar-refractivity contribution in [2.75, 3.05) is 34.5 Å². The first kappa shape index (κ1) is 26.2. The average molecular weight is 496 g/mol. The number of methoxy groups -OCH3 is 3. The summed E-state index contributed by atoms with van der Waals surface area (Å²) >= 11 is 0. The molecule has 1 aliphatic carbocycles. The van der Waals surface area contributed by atoms with Crippen LogP contribution in [0.5, 0.6) is 23.0 Å². The van der Waals surface area contributed by atoms with Gasteiger partial charge in [0.25, 0.3) is 0 Å². The molecule has 1 aliphatic heterocycles. The molecule has 1 amide bonds. The number of amides is 1. The van der Waals surface area contributed by atoms with Crippen molar-refractivity contribution in [1.82, 2.24) is 4.90 Å². The molecule has 6 nitrogen and oxygen atoms in total. The van der Waals surface area contributed by atoms with E-state index in [1.54, 1.807) is 21.3 Å². The molecule has 1 unspecified atom stereocenters. The summed E-state index contributed by atoms with van der Waals surface area (Å²) in [5.41, 5.74) is 2.24. The van der Waals surface area contributed by atoms with Gasteiger partial charge >= 0.3 is 0 Å². The number of para-hydroxylation sites is 2. The smallest absolute Gasteiger partial charge is 0.226 e. The highest BCUT2D eigenvalue weighted by molar-refractivity contribution is 5.80. The van der Waals surface area contributed by atoms with Gasteiger partial charge in [-0.1, -0.05) is 38.3 Å². The molecule has 0 saturated heterocycles. The molecule has 2 aliphatic rings. The topological polar surface area (TPSA) is 57.2 Å². The Morgan fingerprint density at radius 2 is 1.58 bits per heavy atom. The second-order valence-corrected chi connectivity index (χ2v) is 10.0. The summed E-state index contributed by atoms with van der Waals surface area (Å²) in [4.78, 5) is 16.0. The summed E-state index contributed by atoms with van der Waals surface area (Å²) in [5.74, 6) is 3.88. The molecule has 0 radical (unpaired) electrons. The normalized spacial score (nSPS) is 21.4. The number of unbranched alkanes of at least 4 members (excludes halogenated alkanes) is 1. The first-order valence-electron chi connectivity index (χ1n) is 13.4. The first-order chi connectivity index (χ1) is 17.6. The van der Waals surface area contributed by atoms with E-state index in [1.807, 2.05) is 36.4 Å². The summed E-state index contributed by atoms with van der Waals surface area (Å²) in [5, 5.41) is 0. The van der Waals surface area contributed by atoms with E-state index in [9.17, 15) is 4.79 Å². The first-order valence-corrected chi connectivity index (χ1v) is 13.4. The molecular formula is C30H41NO5. The standard InChI is InChI=1S/C30H41NO5/c1-5-6-9-21-12-14-22(15-13-21)30(32)31-17-16-23-18-28(34-3)29(35-4)19-24(23)25(31)20-36-27-11-8-7-10-26(27)33-2/h7-8,10-11,18-19,21-22,25H,5-6,9,12-17,20H2,1-4H3. The Morgan fingerprint density at radius 3 is 2.25 bits per heavy atom. The lowest BCUT2D eigenvalue weighted by atomic mass is 9.78. The Bertz CT molecular complexity index is 1010. The van der Waals surface area contributed by atoms with Crippen LogP contribution in [-0.2, 0) is 11.2 Å². The largest absolute Gasteiger partial charge is 0.493 e. The van der Waals surface area contributed by atoms with Gasteiger partial charge in [-0.15, -0.1) is 0 Å². The van der Waals surface area contributed by atoms with Crippen LogP contribution in [0, 0.1) is 11.8 Å². The number of hydrogen-bond donors (Lipinski definition) is 0. The molecule has 6 heteroatoms. The minimum Gasteiger partial charge on any atom is -0.493 e. The summed E-state index contributed by atoms with van der Waals surface area (Å²) in [6.07, 6.45) is 8.92. The number of hydrogen-bond acceptors (Lipinski definition) is 5. The van der Waals surface area contributed by atoms with E-state index < -0.39 is 0 Å². The summed E-state index contributed by atoms with van der Waals surface area (Å²) in [7, 11) is 4.94. The molecule has 2 aromatic rings. The monoisotopic (exact) mass is 495 g/mol. The Morgan fingerprint density at radius 1 is 0.917 bits per heavy atom. The maximum Gasteiger partial charge on any atom is 0.226 e. The van der Waals surface area contributed by atoms with E-state index >= 15 is 0 Å². The number of nitrogens with zero attached hydrogens (tertiary/aromatic N) is 1. The number of carbonyl (C=O) groups is 1. The van der Waals surface area contributed by atoms with Gasteiger partial charge in [-0.3, -0.25) is 4.79 Å². The van der Waals surface area contributed by atoms with E-state index in [0.29, 0.717) is 36.1 Å². The molecular weight excluding hydrogens is 454 g/mol. The van der Waals surface area contributed by atoms with Gasteiger partial charge in [0.1, 0.15) is 6.61 Å². The highest BCUT2D eigenvalue weighted by Crippen LogP contribution is 2.41. The van der Waals surface area contributed by atoms with Crippen molar-refractivity contribution in [3.8, 4) is 23.0 Å². The molecule has 0 aromatic heterocycles. The van der Waals surface area contributed by atoms with E-state index in [1.165, 1.54) is 24.8 Å². The third-order valence-electron chi connectivity index (χ3n) is 7.91. The summed E-state index contributed by atoms with van der Waals surface area (Å²) in [6, 6.07) is 11.5. The van der Waals surface area contributed by atoms with Gasteiger partial charge in [-0.25, -0.2) is 0 Å². The molecule has 1 saturated carbocycles. The van der Waals surface area contributed by atoms with Gasteiger partial charge in [-0.05, 0) is 73.4 Å². The molecule has 0 spiro atoms. The average Bonchev–Trinajstić information content (AvgIpc) is 2.93. The van der Waals surface area contributed by atoms with Crippen LogP contribution in [0.25, 0.3) is 0 Å². The fraction of sp³-hybridized carbons (Fsp3) is 0.567. The maximum absolute atomic E-state index is 13.9. The van der Waals surface area contributed by atoms with Crippen molar-refractivity contribution < 1.29 is 23.7 Å². The van der Waals surface area contributed by atoms with E-state index in [2.05, 4.69) is 11.8 Å². The van der Waals surface area contributed by atoms with Crippen molar-refractivity contribution >= 4 is 5.91 Å². The second-order valence-electron chi connectivity index (χ2n) is 10.0. The summed E-state index contributed by atoms with van der Waals surface area (Å²) in [6.45, 7) is 3.28. The van der Waals surface area contributed by atoms with Crippen molar-refractivity contribution in [2.45, 2.75) is 64.3 Å². The minimum absolute atomic E-state index is 0.0957. The Balaban J connectivity index is 1.58. The predicted octanol–water partition coefficient (Wildman–Crippen LogP) is 6.21. The van der Waals surface area contributed by atoms with Crippen LogP contribution in [0.2, 0.25) is 0 Å². The third kappa shape index (κ3) is 5.74. The fourth-order valence-corrected chi connectivity index (χ4v) is 5.80. The fourth-order valence-electron chi connectivity index (χ4n) is 5.80. The van der Waals surface area contributed by atoms with Gasteiger partial charge in [0.2, 0.25) is 5.91 Å². The summed E-state index contributed by atoms with van der Waals surface area (Å²) < 4.78 is 22.9. The van der Waals surface area contributed by atoms with Gasteiger partial charge < -0.3 is 23.8 Å². The molecule has 1 fully saturated rings. The number of rotatable bonds is 10. The van der Waals surface area contributed by atoms with Crippen LogP contribution in [0.4, 0.5) is 0 Å². The van der Waals surface area contributed by atoms with Crippen molar-refractivity contribution in [2.24, 2.45) is 11.8 Å². The van der Waals surface area contributed by atoms with Crippen LogP contribution >= 0.6 is 0 Å². The zero-order valence-electron chi connectivity index (χ0n) is 22.3. The number of ether oxygens (including phenoxy) is 4. The lowest BCUT2D eigenvalue weighted by molar-refractivity contribution is -0.140. The Kier molecular flexibility index (Phi) is 9.00. The van der Waals surface area contributed by atoms with Gasteiger partial charge in [0, 0.05) is 12.5 Å². The zero-order chi connectivity index (χ0) is 25.5. The molecule has 0 N–H and O–H groups in total. The van der Waals surface area contributed by atoms with Gasteiger partial charge in [0.05, 0.1) is 27.4 Å². The maximum atomic E-state index is 13.9. The highest BCUT2D eigenvalue weighted by Gasteiger charge is 2.37. The van der Waals surface area contributed by atoms with Crippen molar-refractivity contribution in [3.05, 3.63) is 47.5 Å². The molecule has 0 bridgehead atoms. The van der Waals surface area contributed by atoms with Crippen LogP contribution in [0.15, 0.2) is 36.4 Å². The third-order valence-corrected chi connectivity index (χ3v) is 7.91. The molecule has 4 rings (SSSR count). The molecule has 36 heavy (non-hydrogen) atoms. The quantitative estimate of drug-likeness (QED) is 0.392. The number of fused-ring (bicyclic) bond motifs is 1. The van der Waals surface area contributed by atoms with Gasteiger partial charge in [0.15, 0.2) is 23.0 Å². The molecule has 1 heterocycles. The molecule has 196 valence electrons. The van der Waals surface area contributed by atoms with Crippen molar-refractivity contribution in [3.63, 3.8) is 0 Å². The minimum atomic E-state index is -0.205. The van der Waals surface area contributed by atoms with Crippen LogP contribution < -0.4 is 18.9 Å².